The van der Waals surface area contributed by atoms with Crippen molar-refractivity contribution in [2.45, 2.75) is 30.4 Å². The normalized spacial score (nSPS) is 32.8. The van der Waals surface area contributed by atoms with Crippen LogP contribution in [0.2, 0.25) is 12.1 Å². The molecule has 0 aliphatic heterocycles. The average molecular weight is 241 g/mol. The molecule has 1 unspecified atom stereocenters. The summed E-state index contributed by atoms with van der Waals surface area (Å²) < 4.78 is 49.7. The zero-order chi connectivity index (χ0) is 9.78. The van der Waals surface area contributed by atoms with E-state index in [2.05, 4.69) is 0 Å². The van der Waals surface area contributed by atoms with Crippen LogP contribution in [0.25, 0.3) is 0 Å². The second-order valence-corrected chi connectivity index (χ2v) is 10.9. The molecule has 1 saturated carbocycles. The van der Waals surface area contributed by atoms with Crippen LogP contribution in [0.15, 0.2) is 0 Å². The topological polar surface area (TPSA) is 0 Å². The molecule has 0 saturated heterocycles. The minimum absolute atomic E-state index is 0.893. The van der Waals surface area contributed by atoms with Crippen LogP contribution in [-0.2, 0) is 0 Å². The Bertz CT molecular complexity index is 200. The van der Waals surface area contributed by atoms with Gasteiger partial charge in [-0.15, -0.1) is 22.2 Å². The second kappa shape index (κ2) is 2.51. The van der Waals surface area contributed by atoms with Crippen molar-refractivity contribution in [2.24, 2.45) is 0 Å². The summed E-state index contributed by atoms with van der Waals surface area (Å²) in [6, 6.07) is 0. The highest BCUT2D eigenvalue weighted by Gasteiger charge is 2.75. The summed E-state index contributed by atoms with van der Waals surface area (Å²) >= 11 is 10.9. The molecular formula is C5H6Cl2F4Si. The van der Waals surface area contributed by atoms with E-state index in [9.17, 15) is 17.6 Å². The quantitative estimate of drug-likeness (QED) is 0.374. The number of alkyl halides is 4. The van der Waals surface area contributed by atoms with Crippen molar-refractivity contribution in [3.05, 3.63) is 0 Å². The molecule has 12 heavy (non-hydrogen) atoms. The van der Waals surface area contributed by atoms with E-state index in [0.29, 0.717) is 0 Å². The van der Waals surface area contributed by atoms with E-state index >= 15 is 0 Å². The summed E-state index contributed by atoms with van der Waals surface area (Å²) in [5, 5.41) is 0. The van der Waals surface area contributed by atoms with Crippen LogP contribution in [0.4, 0.5) is 17.6 Å². The van der Waals surface area contributed by atoms with Crippen LogP contribution in [0.1, 0.15) is 6.42 Å². The lowest BCUT2D eigenvalue weighted by Crippen LogP contribution is -2.61. The first kappa shape index (κ1) is 10.6. The van der Waals surface area contributed by atoms with E-state index in [1.807, 2.05) is 0 Å². The number of hydrogen-bond donors (Lipinski definition) is 0. The third kappa shape index (κ3) is 1.35. The predicted molar refractivity (Wildman–Crippen MR) is 41.6 cm³/mol. The molecule has 1 atom stereocenters. The molecule has 1 aliphatic rings. The van der Waals surface area contributed by atoms with Crippen molar-refractivity contribution in [1.29, 1.82) is 0 Å². The van der Waals surface area contributed by atoms with E-state index in [0.717, 1.165) is 0 Å². The van der Waals surface area contributed by atoms with Gasteiger partial charge in [0, 0.05) is 6.42 Å². The van der Waals surface area contributed by atoms with E-state index in [4.69, 9.17) is 22.2 Å². The number of rotatable bonds is 1. The van der Waals surface area contributed by atoms with Gasteiger partial charge in [0.25, 0.3) is 6.69 Å². The second-order valence-electron chi connectivity index (χ2n) is 3.04. The summed E-state index contributed by atoms with van der Waals surface area (Å²) in [5.41, 5.74) is -1.52. The van der Waals surface area contributed by atoms with Crippen molar-refractivity contribution >= 4 is 28.9 Å². The molecule has 1 fully saturated rings. The molecule has 72 valence electrons. The molecule has 0 spiro atoms. The van der Waals surface area contributed by atoms with Crippen molar-refractivity contribution in [3.8, 4) is 0 Å². The summed E-state index contributed by atoms with van der Waals surface area (Å²) in [5.74, 6) is -7.94. The largest absolute Gasteiger partial charge is 0.313 e. The molecule has 7 heteroatoms. The lowest BCUT2D eigenvalue weighted by atomic mass is 9.88. The third-order valence-electron chi connectivity index (χ3n) is 2.00. The fourth-order valence-electron chi connectivity index (χ4n) is 1.14. The SMILES string of the molecule is C[Si](Cl)(Cl)C1CC(F)(F)C1(F)F. The fourth-order valence-corrected chi connectivity index (χ4v) is 3.89. The van der Waals surface area contributed by atoms with Gasteiger partial charge in [-0.25, -0.2) is 0 Å². The molecule has 0 N–H and O–H groups in total. The van der Waals surface area contributed by atoms with Crippen LogP contribution < -0.4 is 0 Å². The molecule has 0 heterocycles. The van der Waals surface area contributed by atoms with Crippen LogP contribution >= 0.6 is 22.2 Å². The zero-order valence-corrected chi connectivity index (χ0v) is 8.56. The summed E-state index contributed by atoms with van der Waals surface area (Å²) in [6.45, 7) is -1.96. The average Bonchev–Trinajstić information content (AvgIpc) is 1.81. The van der Waals surface area contributed by atoms with Crippen LogP contribution in [0.5, 0.6) is 0 Å². The van der Waals surface area contributed by atoms with Gasteiger partial charge in [0.1, 0.15) is 0 Å². The minimum Gasteiger partial charge on any atom is -0.200 e. The Balaban J connectivity index is 2.80. The zero-order valence-electron chi connectivity index (χ0n) is 6.05. The standard InChI is InChI=1S/C5H6Cl2F4Si/c1-12(6,7)3-2-4(8,9)5(3,10)11/h3H,2H2,1H3. The highest BCUT2D eigenvalue weighted by molar-refractivity contribution is 7.45. The molecule has 0 amide bonds. The lowest BCUT2D eigenvalue weighted by Gasteiger charge is -2.46. The Labute approximate surface area is 77.3 Å². The van der Waals surface area contributed by atoms with Crippen molar-refractivity contribution in [1.82, 2.24) is 0 Å². The first-order valence-corrected chi connectivity index (χ1v) is 7.82. The Morgan fingerprint density at radius 1 is 1.25 bits per heavy atom. The molecule has 1 rings (SSSR count). The van der Waals surface area contributed by atoms with E-state index in [1.54, 1.807) is 0 Å². The van der Waals surface area contributed by atoms with E-state index < -0.39 is 30.5 Å². The molecule has 1 aliphatic carbocycles. The van der Waals surface area contributed by atoms with Crippen molar-refractivity contribution in [3.63, 3.8) is 0 Å². The lowest BCUT2D eigenvalue weighted by molar-refractivity contribution is -0.275. The predicted octanol–water partition coefficient (Wildman–Crippen LogP) is 3.58. The van der Waals surface area contributed by atoms with Crippen molar-refractivity contribution in [2.75, 3.05) is 0 Å². The maximum absolute atomic E-state index is 12.6. The summed E-state index contributed by atoms with van der Waals surface area (Å²) in [6.07, 6.45) is -0.893. The molecule has 0 nitrogen and oxygen atoms in total. The molecule has 0 aromatic carbocycles. The maximum Gasteiger partial charge on any atom is 0.313 e. The molecule has 0 bridgehead atoms. The van der Waals surface area contributed by atoms with E-state index in [1.165, 1.54) is 6.55 Å². The summed E-state index contributed by atoms with van der Waals surface area (Å²) in [7, 11) is 0. The van der Waals surface area contributed by atoms with Gasteiger partial charge in [0.15, 0.2) is 0 Å². The van der Waals surface area contributed by atoms with Gasteiger partial charge in [0.05, 0.1) is 5.54 Å². The van der Waals surface area contributed by atoms with Gasteiger partial charge in [-0.05, 0) is 6.55 Å². The van der Waals surface area contributed by atoms with Gasteiger partial charge in [-0.3, -0.25) is 0 Å². The Morgan fingerprint density at radius 2 is 1.67 bits per heavy atom. The molecule has 0 aromatic heterocycles. The van der Waals surface area contributed by atoms with Gasteiger partial charge in [-0.1, -0.05) is 0 Å². The number of halogens is 6. The maximum atomic E-state index is 12.6. The Hall–Kier alpha value is 0.517. The first-order valence-electron chi connectivity index (χ1n) is 3.22. The Kier molecular flexibility index (Phi) is 2.22. The Morgan fingerprint density at radius 3 is 1.75 bits per heavy atom. The fraction of sp³-hybridized carbons (Fsp3) is 1.00. The van der Waals surface area contributed by atoms with Crippen molar-refractivity contribution < 1.29 is 17.6 Å². The van der Waals surface area contributed by atoms with Gasteiger partial charge >= 0.3 is 11.8 Å². The number of hydrogen-bond acceptors (Lipinski definition) is 0. The van der Waals surface area contributed by atoms with E-state index in [-0.39, 0.29) is 0 Å². The van der Waals surface area contributed by atoms with Gasteiger partial charge < -0.3 is 0 Å². The molecule has 0 radical (unpaired) electrons. The van der Waals surface area contributed by atoms with Crippen LogP contribution in [-0.4, -0.2) is 18.5 Å². The van der Waals surface area contributed by atoms with Crippen LogP contribution in [0.3, 0.4) is 0 Å². The smallest absolute Gasteiger partial charge is 0.200 e. The molecule has 0 aromatic rings. The van der Waals surface area contributed by atoms with Crippen LogP contribution in [0, 0.1) is 0 Å². The third-order valence-corrected chi connectivity index (χ3v) is 5.37. The minimum atomic E-state index is -4.02. The summed E-state index contributed by atoms with van der Waals surface area (Å²) in [4.78, 5) is 0. The highest BCUT2D eigenvalue weighted by Crippen LogP contribution is 2.63. The highest BCUT2D eigenvalue weighted by atomic mass is 35.7. The first-order chi connectivity index (χ1) is 5.09. The molecular weight excluding hydrogens is 235 g/mol. The van der Waals surface area contributed by atoms with Gasteiger partial charge in [-0.2, -0.15) is 17.6 Å². The monoisotopic (exact) mass is 240 g/mol. The van der Waals surface area contributed by atoms with Gasteiger partial charge in [0.2, 0.25) is 0 Å².